The van der Waals surface area contributed by atoms with E-state index in [9.17, 15) is 0 Å². The maximum atomic E-state index is 8.48. The largest absolute Gasteiger partial charge is 0.409 e. The summed E-state index contributed by atoms with van der Waals surface area (Å²) in [5, 5.41) is 14.7. The van der Waals surface area contributed by atoms with Crippen LogP contribution in [0.3, 0.4) is 0 Å². The lowest BCUT2D eigenvalue weighted by Crippen LogP contribution is -2.13. The Morgan fingerprint density at radius 3 is 2.92 bits per heavy atom. The zero-order valence-electron chi connectivity index (χ0n) is 7.12. The molecule has 13 heavy (non-hydrogen) atoms. The topological polar surface area (TPSA) is 70.6 Å². The first-order valence-corrected chi connectivity index (χ1v) is 4.11. The van der Waals surface area contributed by atoms with Crippen molar-refractivity contribution in [2.45, 2.75) is 13.1 Å². The van der Waals surface area contributed by atoms with Crippen LogP contribution in [-0.4, -0.2) is 11.0 Å². The highest BCUT2D eigenvalue weighted by molar-refractivity contribution is 5.97. The molecule has 0 atom stereocenters. The van der Waals surface area contributed by atoms with E-state index in [1.165, 1.54) is 11.1 Å². The molecule has 0 saturated carbocycles. The van der Waals surface area contributed by atoms with Gasteiger partial charge in [0, 0.05) is 18.7 Å². The van der Waals surface area contributed by atoms with Gasteiger partial charge < -0.3 is 16.3 Å². The Balaban J connectivity index is 2.41. The first-order valence-electron chi connectivity index (χ1n) is 4.11. The van der Waals surface area contributed by atoms with Crippen molar-refractivity contribution >= 4 is 5.84 Å². The molecule has 0 spiro atoms. The Hall–Kier alpha value is -1.55. The monoisotopic (exact) mass is 177 g/mol. The van der Waals surface area contributed by atoms with E-state index >= 15 is 0 Å². The van der Waals surface area contributed by atoms with Crippen molar-refractivity contribution in [3.8, 4) is 0 Å². The van der Waals surface area contributed by atoms with E-state index in [0.717, 1.165) is 18.7 Å². The lowest BCUT2D eigenvalue weighted by atomic mass is 10.1. The Labute approximate surface area is 76.1 Å². The predicted molar refractivity (Wildman–Crippen MR) is 49.5 cm³/mol. The van der Waals surface area contributed by atoms with Gasteiger partial charge in [0.1, 0.15) is 0 Å². The summed E-state index contributed by atoms with van der Waals surface area (Å²) in [6.45, 7) is 1.77. The van der Waals surface area contributed by atoms with Crippen molar-refractivity contribution in [3.63, 3.8) is 0 Å². The molecule has 0 aromatic heterocycles. The lowest BCUT2D eigenvalue weighted by molar-refractivity contribution is 0.318. The fraction of sp³-hybridized carbons (Fsp3) is 0.222. The Morgan fingerprint density at radius 2 is 2.15 bits per heavy atom. The van der Waals surface area contributed by atoms with Gasteiger partial charge >= 0.3 is 0 Å². The SMILES string of the molecule is N/C(=N\O)c1ccc2c(c1)CNC2. The third-order valence-electron chi connectivity index (χ3n) is 2.24. The van der Waals surface area contributed by atoms with Crippen molar-refractivity contribution in [1.82, 2.24) is 5.32 Å². The number of amidine groups is 1. The second-order valence-corrected chi connectivity index (χ2v) is 3.07. The van der Waals surface area contributed by atoms with Gasteiger partial charge in [-0.2, -0.15) is 0 Å². The second-order valence-electron chi connectivity index (χ2n) is 3.07. The quantitative estimate of drug-likeness (QED) is 0.251. The molecule has 0 aliphatic carbocycles. The summed E-state index contributed by atoms with van der Waals surface area (Å²) in [6.07, 6.45) is 0. The van der Waals surface area contributed by atoms with Crippen LogP contribution < -0.4 is 11.1 Å². The number of rotatable bonds is 1. The maximum Gasteiger partial charge on any atom is 0.170 e. The van der Waals surface area contributed by atoms with Crippen LogP contribution in [0, 0.1) is 0 Å². The molecule has 0 radical (unpaired) electrons. The van der Waals surface area contributed by atoms with Gasteiger partial charge in [-0.3, -0.25) is 0 Å². The summed E-state index contributed by atoms with van der Waals surface area (Å²) in [4.78, 5) is 0. The van der Waals surface area contributed by atoms with E-state index < -0.39 is 0 Å². The molecule has 1 aromatic carbocycles. The number of hydrogen-bond acceptors (Lipinski definition) is 3. The lowest BCUT2D eigenvalue weighted by Gasteiger charge is -2.01. The predicted octanol–water partition coefficient (Wildman–Crippen LogP) is 0.384. The average molecular weight is 177 g/mol. The smallest absolute Gasteiger partial charge is 0.170 e. The summed E-state index contributed by atoms with van der Waals surface area (Å²) in [7, 11) is 0. The second kappa shape index (κ2) is 3.06. The third kappa shape index (κ3) is 1.36. The number of benzene rings is 1. The van der Waals surface area contributed by atoms with Crippen molar-refractivity contribution in [1.29, 1.82) is 0 Å². The number of oxime groups is 1. The molecule has 1 heterocycles. The van der Waals surface area contributed by atoms with Gasteiger partial charge in [-0.1, -0.05) is 17.3 Å². The number of nitrogens with one attached hydrogen (secondary N) is 1. The van der Waals surface area contributed by atoms with Crippen molar-refractivity contribution in [2.24, 2.45) is 10.9 Å². The maximum absolute atomic E-state index is 8.48. The molecule has 1 aliphatic heterocycles. The highest BCUT2D eigenvalue weighted by atomic mass is 16.4. The molecule has 2 rings (SSSR count). The van der Waals surface area contributed by atoms with Crippen LogP contribution in [-0.2, 0) is 13.1 Å². The van der Waals surface area contributed by atoms with Gasteiger partial charge in [0.2, 0.25) is 0 Å². The van der Waals surface area contributed by atoms with Gasteiger partial charge in [-0.25, -0.2) is 0 Å². The molecule has 68 valence electrons. The van der Waals surface area contributed by atoms with Crippen LogP contribution in [0.1, 0.15) is 16.7 Å². The van der Waals surface area contributed by atoms with Gasteiger partial charge in [0.05, 0.1) is 0 Å². The molecule has 0 amide bonds. The Bertz CT molecular complexity index is 360. The average Bonchev–Trinajstić information content (AvgIpc) is 2.63. The molecule has 0 fully saturated rings. The molecule has 4 heteroatoms. The van der Waals surface area contributed by atoms with Crippen LogP contribution in [0.5, 0.6) is 0 Å². The van der Waals surface area contributed by atoms with E-state index in [1.54, 1.807) is 0 Å². The van der Waals surface area contributed by atoms with Crippen molar-refractivity contribution < 1.29 is 5.21 Å². The van der Waals surface area contributed by atoms with E-state index in [2.05, 4.69) is 10.5 Å². The highest BCUT2D eigenvalue weighted by Gasteiger charge is 2.10. The van der Waals surface area contributed by atoms with E-state index in [4.69, 9.17) is 10.9 Å². The van der Waals surface area contributed by atoms with E-state index in [-0.39, 0.29) is 5.84 Å². The summed E-state index contributed by atoms with van der Waals surface area (Å²) < 4.78 is 0. The number of hydrogen-bond donors (Lipinski definition) is 3. The highest BCUT2D eigenvalue weighted by Crippen LogP contribution is 2.16. The summed E-state index contributed by atoms with van der Waals surface area (Å²) >= 11 is 0. The first-order chi connectivity index (χ1) is 6.31. The number of nitrogens with zero attached hydrogens (tertiary/aromatic N) is 1. The molecule has 1 aromatic rings. The van der Waals surface area contributed by atoms with E-state index in [1.807, 2.05) is 18.2 Å². The fourth-order valence-corrected chi connectivity index (χ4v) is 1.51. The molecule has 0 bridgehead atoms. The molecule has 1 aliphatic rings. The fourth-order valence-electron chi connectivity index (χ4n) is 1.51. The van der Waals surface area contributed by atoms with Crippen LogP contribution in [0.15, 0.2) is 23.4 Å². The summed E-state index contributed by atoms with van der Waals surface area (Å²) in [6, 6.07) is 5.81. The standard InChI is InChI=1S/C9H11N3O/c10-9(12-13)6-1-2-7-4-11-5-8(7)3-6/h1-3,11,13H,4-5H2,(H2,10,12). The minimum absolute atomic E-state index is 0.162. The normalized spacial score (nSPS) is 15.8. The Kier molecular flexibility index (Phi) is 1.90. The molecule has 0 unspecified atom stereocenters. The van der Waals surface area contributed by atoms with Crippen LogP contribution in [0.2, 0.25) is 0 Å². The molecule has 4 nitrogen and oxygen atoms in total. The Morgan fingerprint density at radius 1 is 1.38 bits per heavy atom. The molecule has 0 saturated heterocycles. The summed E-state index contributed by atoms with van der Waals surface area (Å²) in [5.74, 6) is 0.162. The molecule has 4 N–H and O–H groups in total. The van der Waals surface area contributed by atoms with Gasteiger partial charge in [0.25, 0.3) is 0 Å². The minimum atomic E-state index is 0.162. The van der Waals surface area contributed by atoms with Crippen LogP contribution in [0.4, 0.5) is 0 Å². The van der Waals surface area contributed by atoms with Crippen molar-refractivity contribution in [3.05, 3.63) is 34.9 Å². The van der Waals surface area contributed by atoms with E-state index in [0.29, 0.717) is 0 Å². The number of nitrogens with two attached hydrogens (primary N) is 1. The summed E-state index contributed by atoms with van der Waals surface area (Å²) in [5.41, 5.74) is 8.75. The van der Waals surface area contributed by atoms with Crippen LogP contribution in [0.25, 0.3) is 0 Å². The van der Waals surface area contributed by atoms with Crippen LogP contribution >= 0.6 is 0 Å². The molecular weight excluding hydrogens is 166 g/mol. The van der Waals surface area contributed by atoms with Gasteiger partial charge in [0.15, 0.2) is 5.84 Å². The van der Waals surface area contributed by atoms with Gasteiger partial charge in [-0.15, -0.1) is 0 Å². The zero-order valence-corrected chi connectivity index (χ0v) is 7.12. The zero-order chi connectivity index (χ0) is 9.26. The number of fused-ring (bicyclic) bond motifs is 1. The van der Waals surface area contributed by atoms with Gasteiger partial charge in [-0.05, 0) is 17.2 Å². The minimum Gasteiger partial charge on any atom is -0.409 e. The molecular formula is C9H11N3O. The first kappa shape index (κ1) is 8.07. The third-order valence-corrected chi connectivity index (χ3v) is 2.24. The van der Waals surface area contributed by atoms with Crippen molar-refractivity contribution in [2.75, 3.05) is 0 Å².